The van der Waals surface area contributed by atoms with Gasteiger partial charge < -0.3 is 5.32 Å². The molecule has 1 aliphatic carbocycles. The molecule has 0 spiro atoms. The van der Waals surface area contributed by atoms with Gasteiger partial charge >= 0.3 is 0 Å². The van der Waals surface area contributed by atoms with Gasteiger partial charge in [-0.3, -0.25) is 0 Å². The van der Waals surface area contributed by atoms with Gasteiger partial charge in [0.2, 0.25) is 0 Å². The molecule has 14 heavy (non-hydrogen) atoms. The van der Waals surface area contributed by atoms with Crippen LogP contribution < -0.4 is 5.32 Å². The molecule has 4 heteroatoms. The maximum atomic E-state index is 11.7. The standard InChI is InChI=1S/C10H21NO2S/c1-10(2,3)14(12,13)8-7-11-9-5-4-6-9/h9,11H,4-8H2,1-3H3. The van der Waals surface area contributed by atoms with Crippen LogP contribution in [-0.2, 0) is 9.84 Å². The molecule has 0 radical (unpaired) electrons. The van der Waals surface area contributed by atoms with Gasteiger partial charge in [-0.1, -0.05) is 6.42 Å². The van der Waals surface area contributed by atoms with Crippen molar-refractivity contribution in [1.82, 2.24) is 5.32 Å². The van der Waals surface area contributed by atoms with E-state index in [0.717, 1.165) is 0 Å². The summed E-state index contributed by atoms with van der Waals surface area (Å²) in [4.78, 5) is 0. The Kier molecular flexibility index (Phi) is 3.58. The van der Waals surface area contributed by atoms with Crippen molar-refractivity contribution in [3.63, 3.8) is 0 Å². The topological polar surface area (TPSA) is 46.2 Å². The van der Waals surface area contributed by atoms with Crippen LogP contribution in [0.1, 0.15) is 40.0 Å². The van der Waals surface area contributed by atoms with Crippen LogP contribution in [0, 0.1) is 0 Å². The molecule has 0 aliphatic heterocycles. The molecule has 84 valence electrons. The van der Waals surface area contributed by atoms with E-state index in [1.807, 2.05) is 0 Å². The van der Waals surface area contributed by atoms with Crippen molar-refractivity contribution in [3.05, 3.63) is 0 Å². The van der Waals surface area contributed by atoms with Gasteiger partial charge in [-0.2, -0.15) is 0 Å². The van der Waals surface area contributed by atoms with Gasteiger partial charge in [-0.05, 0) is 33.6 Å². The highest BCUT2D eigenvalue weighted by Gasteiger charge is 2.28. The van der Waals surface area contributed by atoms with Crippen molar-refractivity contribution in [1.29, 1.82) is 0 Å². The summed E-state index contributed by atoms with van der Waals surface area (Å²) in [5.41, 5.74) is 0. The minimum Gasteiger partial charge on any atom is -0.313 e. The second-order valence-electron chi connectivity index (χ2n) is 5.01. The predicted molar refractivity (Wildman–Crippen MR) is 59.2 cm³/mol. The smallest absolute Gasteiger partial charge is 0.156 e. The quantitative estimate of drug-likeness (QED) is 0.776. The summed E-state index contributed by atoms with van der Waals surface area (Å²) in [6.07, 6.45) is 3.69. The molecule has 1 N–H and O–H groups in total. The third-order valence-corrected chi connectivity index (χ3v) is 5.45. The Bertz CT molecular complexity index is 273. The Balaban J connectivity index is 2.29. The molecule has 1 aliphatic rings. The summed E-state index contributed by atoms with van der Waals surface area (Å²) in [5, 5.41) is 3.27. The van der Waals surface area contributed by atoms with Crippen molar-refractivity contribution in [3.8, 4) is 0 Å². The minimum atomic E-state index is -2.94. The van der Waals surface area contributed by atoms with E-state index < -0.39 is 14.6 Å². The first-order valence-electron chi connectivity index (χ1n) is 5.28. The van der Waals surface area contributed by atoms with Gasteiger partial charge in [-0.25, -0.2) is 8.42 Å². The van der Waals surface area contributed by atoms with Gasteiger partial charge in [0.15, 0.2) is 9.84 Å². The second-order valence-corrected chi connectivity index (χ2v) is 7.88. The van der Waals surface area contributed by atoms with E-state index in [2.05, 4.69) is 5.32 Å². The first-order chi connectivity index (χ1) is 6.33. The molecule has 0 saturated heterocycles. The molecule has 0 unspecified atom stereocenters. The van der Waals surface area contributed by atoms with Crippen LogP contribution in [0.2, 0.25) is 0 Å². The normalized spacial score (nSPS) is 19.4. The van der Waals surface area contributed by atoms with Crippen LogP contribution in [0.15, 0.2) is 0 Å². The number of rotatable bonds is 4. The van der Waals surface area contributed by atoms with Crippen LogP contribution in [0.4, 0.5) is 0 Å². The summed E-state index contributed by atoms with van der Waals surface area (Å²) in [5.74, 6) is 0.257. The maximum absolute atomic E-state index is 11.7. The Hall–Kier alpha value is -0.0900. The van der Waals surface area contributed by atoms with E-state index in [-0.39, 0.29) is 5.75 Å². The van der Waals surface area contributed by atoms with Crippen LogP contribution in [0.25, 0.3) is 0 Å². The highest BCUT2D eigenvalue weighted by Crippen LogP contribution is 2.18. The molecule has 0 amide bonds. The van der Waals surface area contributed by atoms with E-state index in [1.165, 1.54) is 19.3 Å². The Morgan fingerprint density at radius 2 is 1.86 bits per heavy atom. The first-order valence-corrected chi connectivity index (χ1v) is 6.94. The SMILES string of the molecule is CC(C)(C)S(=O)(=O)CCNC1CCC1. The van der Waals surface area contributed by atoms with E-state index in [0.29, 0.717) is 12.6 Å². The highest BCUT2D eigenvalue weighted by atomic mass is 32.2. The fraction of sp³-hybridized carbons (Fsp3) is 1.00. The van der Waals surface area contributed by atoms with E-state index >= 15 is 0 Å². The lowest BCUT2D eigenvalue weighted by atomic mass is 9.93. The predicted octanol–water partition coefficient (Wildman–Crippen LogP) is 1.34. The molecule has 0 heterocycles. The van der Waals surface area contributed by atoms with Crippen molar-refractivity contribution in [2.24, 2.45) is 0 Å². The molecule has 1 saturated carbocycles. The summed E-state index contributed by atoms with van der Waals surface area (Å²) in [7, 11) is -2.94. The van der Waals surface area contributed by atoms with Crippen molar-refractivity contribution in [2.45, 2.75) is 50.8 Å². The van der Waals surface area contributed by atoms with Crippen LogP contribution in [0.3, 0.4) is 0 Å². The highest BCUT2D eigenvalue weighted by molar-refractivity contribution is 7.92. The average Bonchev–Trinajstić information content (AvgIpc) is 1.92. The van der Waals surface area contributed by atoms with Crippen LogP contribution in [0.5, 0.6) is 0 Å². The number of nitrogens with one attached hydrogen (secondary N) is 1. The zero-order valence-electron chi connectivity index (χ0n) is 9.34. The largest absolute Gasteiger partial charge is 0.313 e. The number of hydrogen-bond donors (Lipinski definition) is 1. The van der Waals surface area contributed by atoms with Crippen molar-refractivity contribution < 1.29 is 8.42 Å². The van der Waals surface area contributed by atoms with Gasteiger partial charge in [0.25, 0.3) is 0 Å². The van der Waals surface area contributed by atoms with Gasteiger partial charge in [0.1, 0.15) is 0 Å². The lowest BCUT2D eigenvalue weighted by Gasteiger charge is -2.27. The molecule has 0 bridgehead atoms. The number of hydrogen-bond acceptors (Lipinski definition) is 3. The van der Waals surface area contributed by atoms with Crippen LogP contribution >= 0.6 is 0 Å². The number of sulfone groups is 1. The lowest BCUT2D eigenvalue weighted by Crippen LogP contribution is -2.40. The van der Waals surface area contributed by atoms with Crippen molar-refractivity contribution >= 4 is 9.84 Å². The second kappa shape index (κ2) is 4.19. The van der Waals surface area contributed by atoms with Gasteiger partial charge in [-0.15, -0.1) is 0 Å². The van der Waals surface area contributed by atoms with E-state index in [1.54, 1.807) is 20.8 Å². The minimum absolute atomic E-state index is 0.257. The Morgan fingerprint density at radius 1 is 1.29 bits per heavy atom. The summed E-state index contributed by atoms with van der Waals surface area (Å²) in [6.45, 7) is 5.87. The summed E-state index contributed by atoms with van der Waals surface area (Å²) >= 11 is 0. The maximum Gasteiger partial charge on any atom is 0.156 e. The third-order valence-electron chi connectivity index (χ3n) is 2.84. The molecule has 0 aromatic carbocycles. The zero-order chi connectivity index (χ0) is 10.8. The monoisotopic (exact) mass is 219 g/mol. The summed E-state index contributed by atoms with van der Waals surface area (Å²) < 4.78 is 22.8. The van der Waals surface area contributed by atoms with Gasteiger partial charge in [0.05, 0.1) is 10.5 Å². The molecule has 0 aromatic heterocycles. The average molecular weight is 219 g/mol. The van der Waals surface area contributed by atoms with E-state index in [9.17, 15) is 8.42 Å². The Labute approximate surface area is 87.2 Å². The molecule has 0 atom stereocenters. The van der Waals surface area contributed by atoms with Gasteiger partial charge in [0, 0.05) is 12.6 Å². The summed E-state index contributed by atoms with van der Waals surface area (Å²) in [6, 6.07) is 0.574. The van der Waals surface area contributed by atoms with E-state index in [4.69, 9.17) is 0 Å². The Morgan fingerprint density at radius 3 is 2.21 bits per heavy atom. The lowest BCUT2D eigenvalue weighted by molar-refractivity contribution is 0.346. The molecule has 1 fully saturated rings. The molecular weight excluding hydrogens is 198 g/mol. The molecule has 3 nitrogen and oxygen atoms in total. The fourth-order valence-corrected chi connectivity index (χ4v) is 2.31. The van der Waals surface area contributed by atoms with Crippen molar-refractivity contribution in [2.75, 3.05) is 12.3 Å². The third kappa shape index (κ3) is 2.95. The zero-order valence-corrected chi connectivity index (χ0v) is 10.2. The molecule has 0 aromatic rings. The molecular formula is C10H21NO2S. The van der Waals surface area contributed by atoms with Crippen LogP contribution in [-0.4, -0.2) is 31.5 Å². The first kappa shape index (κ1) is 12.0. The fourth-order valence-electron chi connectivity index (χ4n) is 1.32. The molecule has 1 rings (SSSR count).